The average molecular weight is 344 g/mol. The Bertz CT molecular complexity index is 656. The number of carbonyl (C=O) groups excluding carboxylic acids is 1. The standard InChI is InChI=1S/C14H20N2O6S/c1-15(13(17)9-16(2)23(3,20)21)8-11-4-6-12(7-5-11)22-10-14(18)19/h4-7H,8-10H2,1-3H3,(H,18,19). The van der Waals surface area contributed by atoms with Crippen LogP contribution < -0.4 is 4.74 Å². The minimum atomic E-state index is -3.40. The second-order valence-corrected chi connectivity index (χ2v) is 7.18. The molecule has 0 radical (unpaired) electrons. The average Bonchev–Trinajstić information content (AvgIpc) is 2.45. The maximum Gasteiger partial charge on any atom is 0.341 e. The zero-order valence-corrected chi connectivity index (χ0v) is 14.0. The summed E-state index contributed by atoms with van der Waals surface area (Å²) >= 11 is 0. The van der Waals surface area contributed by atoms with Crippen LogP contribution in [0.3, 0.4) is 0 Å². The SMILES string of the molecule is CN(Cc1ccc(OCC(=O)O)cc1)C(=O)CN(C)S(C)(=O)=O. The predicted molar refractivity (Wildman–Crippen MR) is 83.5 cm³/mol. The second kappa shape index (κ2) is 7.93. The molecule has 0 spiro atoms. The summed E-state index contributed by atoms with van der Waals surface area (Å²) in [5.74, 6) is -0.972. The first kappa shape index (κ1) is 18.9. The zero-order valence-electron chi connectivity index (χ0n) is 13.2. The highest BCUT2D eigenvalue weighted by molar-refractivity contribution is 7.88. The number of rotatable bonds is 8. The minimum absolute atomic E-state index is 0.227. The zero-order chi connectivity index (χ0) is 17.6. The van der Waals surface area contributed by atoms with Gasteiger partial charge in [-0.2, -0.15) is 4.31 Å². The van der Waals surface area contributed by atoms with Crippen LogP contribution in [0.15, 0.2) is 24.3 Å². The van der Waals surface area contributed by atoms with Crippen molar-refractivity contribution in [3.63, 3.8) is 0 Å². The molecule has 1 N–H and O–H groups in total. The van der Waals surface area contributed by atoms with Gasteiger partial charge in [0.25, 0.3) is 0 Å². The van der Waals surface area contributed by atoms with Gasteiger partial charge in [0.05, 0.1) is 12.8 Å². The van der Waals surface area contributed by atoms with Crippen LogP contribution in [-0.4, -0.2) is 68.1 Å². The van der Waals surface area contributed by atoms with Gasteiger partial charge in [-0.1, -0.05) is 12.1 Å². The molecule has 1 rings (SSSR count). The molecule has 0 aromatic heterocycles. The Morgan fingerprint density at radius 2 is 1.74 bits per heavy atom. The van der Waals surface area contributed by atoms with Gasteiger partial charge in [0, 0.05) is 20.6 Å². The number of sulfonamides is 1. The van der Waals surface area contributed by atoms with Crippen LogP contribution >= 0.6 is 0 Å². The maximum atomic E-state index is 12.0. The van der Waals surface area contributed by atoms with Gasteiger partial charge in [-0.25, -0.2) is 13.2 Å². The molecule has 0 heterocycles. The molecule has 0 saturated heterocycles. The van der Waals surface area contributed by atoms with Crippen molar-refractivity contribution in [3.05, 3.63) is 29.8 Å². The number of ether oxygens (including phenoxy) is 1. The van der Waals surface area contributed by atoms with Crippen molar-refractivity contribution in [1.29, 1.82) is 0 Å². The summed E-state index contributed by atoms with van der Waals surface area (Å²) in [7, 11) is -0.482. The smallest absolute Gasteiger partial charge is 0.341 e. The van der Waals surface area contributed by atoms with Gasteiger partial charge in [-0.05, 0) is 17.7 Å². The van der Waals surface area contributed by atoms with Crippen LogP contribution in [0.4, 0.5) is 0 Å². The van der Waals surface area contributed by atoms with Crippen molar-refractivity contribution in [2.24, 2.45) is 0 Å². The minimum Gasteiger partial charge on any atom is -0.482 e. The molecular weight excluding hydrogens is 324 g/mol. The summed E-state index contributed by atoms with van der Waals surface area (Å²) in [5.41, 5.74) is 0.811. The Morgan fingerprint density at radius 3 is 2.22 bits per heavy atom. The van der Waals surface area contributed by atoms with Gasteiger partial charge in [0.15, 0.2) is 6.61 Å². The van der Waals surface area contributed by atoms with E-state index in [0.29, 0.717) is 12.3 Å². The van der Waals surface area contributed by atoms with E-state index in [2.05, 4.69) is 0 Å². The summed E-state index contributed by atoms with van der Waals surface area (Å²) in [6, 6.07) is 6.64. The van der Waals surface area contributed by atoms with Crippen molar-refractivity contribution in [1.82, 2.24) is 9.21 Å². The Kier molecular flexibility index (Phi) is 6.52. The molecule has 0 atom stereocenters. The third-order valence-electron chi connectivity index (χ3n) is 3.06. The van der Waals surface area contributed by atoms with Crippen LogP contribution in [-0.2, 0) is 26.2 Å². The second-order valence-electron chi connectivity index (χ2n) is 5.10. The maximum absolute atomic E-state index is 12.0. The van der Waals surface area contributed by atoms with Gasteiger partial charge in [0.1, 0.15) is 5.75 Å². The lowest BCUT2D eigenvalue weighted by atomic mass is 10.2. The monoisotopic (exact) mass is 344 g/mol. The fourth-order valence-corrected chi connectivity index (χ4v) is 1.97. The molecule has 23 heavy (non-hydrogen) atoms. The van der Waals surface area contributed by atoms with Crippen molar-refractivity contribution in [2.45, 2.75) is 6.54 Å². The van der Waals surface area contributed by atoms with E-state index >= 15 is 0 Å². The van der Waals surface area contributed by atoms with Crippen molar-refractivity contribution in [3.8, 4) is 5.75 Å². The number of aliphatic carboxylic acids is 1. The summed E-state index contributed by atoms with van der Waals surface area (Å²) < 4.78 is 28.6. The summed E-state index contributed by atoms with van der Waals surface area (Å²) in [6.07, 6.45) is 1.04. The van der Waals surface area contributed by atoms with Crippen LogP contribution in [0.5, 0.6) is 5.75 Å². The lowest BCUT2D eigenvalue weighted by molar-refractivity contribution is -0.139. The number of carbonyl (C=O) groups is 2. The van der Waals surface area contributed by atoms with Crippen molar-refractivity contribution >= 4 is 21.9 Å². The number of hydrogen-bond acceptors (Lipinski definition) is 5. The van der Waals surface area contributed by atoms with Crippen LogP contribution in [0, 0.1) is 0 Å². The molecule has 1 amide bonds. The summed E-state index contributed by atoms with van der Waals surface area (Å²) in [5, 5.41) is 8.52. The number of amides is 1. The van der Waals surface area contributed by atoms with E-state index in [0.717, 1.165) is 16.1 Å². The highest BCUT2D eigenvalue weighted by Gasteiger charge is 2.18. The Balaban J connectivity index is 2.58. The predicted octanol–water partition coefficient (Wildman–Crippen LogP) is -0.000200. The molecule has 0 fully saturated rings. The molecule has 1 aromatic rings. The summed E-state index contributed by atoms with van der Waals surface area (Å²) in [4.78, 5) is 23.8. The van der Waals surface area contributed by atoms with Crippen LogP contribution in [0.25, 0.3) is 0 Å². The normalized spacial score (nSPS) is 11.3. The highest BCUT2D eigenvalue weighted by atomic mass is 32.2. The Hall–Kier alpha value is -2.13. The van der Waals surface area contributed by atoms with Crippen molar-refractivity contribution in [2.75, 3.05) is 33.5 Å². The van der Waals surface area contributed by atoms with Gasteiger partial charge in [0.2, 0.25) is 15.9 Å². The molecule has 0 bridgehead atoms. The molecule has 0 aliphatic rings. The third kappa shape index (κ3) is 6.66. The van der Waals surface area contributed by atoms with E-state index in [-0.39, 0.29) is 12.5 Å². The molecule has 8 nitrogen and oxygen atoms in total. The van der Waals surface area contributed by atoms with Gasteiger partial charge in [-0.15, -0.1) is 0 Å². The molecule has 128 valence electrons. The van der Waals surface area contributed by atoms with Crippen LogP contribution in [0.1, 0.15) is 5.56 Å². The Labute approximate surface area is 135 Å². The largest absolute Gasteiger partial charge is 0.482 e. The number of carboxylic acid groups (broad SMARTS) is 1. The molecule has 9 heteroatoms. The molecule has 0 saturated carbocycles. The van der Waals surface area contributed by atoms with Gasteiger partial charge in [-0.3, -0.25) is 4.79 Å². The number of carboxylic acids is 1. The van der Waals surface area contributed by atoms with E-state index in [1.54, 1.807) is 31.3 Å². The molecule has 0 aliphatic heterocycles. The third-order valence-corrected chi connectivity index (χ3v) is 4.32. The number of likely N-dealkylation sites (N-methyl/N-ethyl adjacent to an activating group) is 2. The van der Waals surface area contributed by atoms with E-state index in [9.17, 15) is 18.0 Å². The molecule has 0 aliphatic carbocycles. The summed E-state index contributed by atoms with van der Waals surface area (Å²) in [6.45, 7) is -0.347. The molecule has 1 aromatic carbocycles. The number of hydrogen-bond donors (Lipinski definition) is 1. The van der Waals surface area contributed by atoms with E-state index in [1.807, 2.05) is 0 Å². The first-order valence-corrected chi connectivity index (χ1v) is 8.53. The van der Waals surface area contributed by atoms with Gasteiger partial charge >= 0.3 is 5.97 Å². The van der Waals surface area contributed by atoms with Gasteiger partial charge < -0.3 is 14.7 Å². The lowest BCUT2D eigenvalue weighted by Gasteiger charge is -2.21. The fourth-order valence-electron chi connectivity index (χ4n) is 1.63. The van der Waals surface area contributed by atoms with Crippen LogP contribution in [0.2, 0.25) is 0 Å². The molecule has 0 unspecified atom stereocenters. The number of nitrogens with zero attached hydrogens (tertiary/aromatic N) is 2. The van der Waals surface area contributed by atoms with E-state index in [1.165, 1.54) is 11.9 Å². The number of benzene rings is 1. The fraction of sp³-hybridized carbons (Fsp3) is 0.429. The van der Waals surface area contributed by atoms with E-state index < -0.39 is 22.6 Å². The highest BCUT2D eigenvalue weighted by Crippen LogP contribution is 2.13. The lowest BCUT2D eigenvalue weighted by Crippen LogP contribution is -2.38. The quantitative estimate of drug-likeness (QED) is 0.712. The first-order valence-electron chi connectivity index (χ1n) is 6.68. The Morgan fingerprint density at radius 1 is 1.17 bits per heavy atom. The topological polar surface area (TPSA) is 104 Å². The first-order chi connectivity index (χ1) is 10.6. The molecular formula is C14H20N2O6S. The van der Waals surface area contributed by atoms with E-state index in [4.69, 9.17) is 9.84 Å². The van der Waals surface area contributed by atoms with Crippen molar-refractivity contribution < 1.29 is 27.9 Å².